The number of para-hydroxylation sites is 2. The molecule has 0 saturated heterocycles. The SMILES string of the molecule is COc1ccccc1[C@@H]1CNC(=O)c2nc(COc3ccccc3)[nH]c2C1. The summed E-state index contributed by atoms with van der Waals surface area (Å²) in [5.74, 6) is 2.17. The Hall–Kier alpha value is -3.28. The van der Waals surface area contributed by atoms with Gasteiger partial charge in [-0.15, -0.1) is 0 Å². The summed E-state index contributed by atoms with van der Waals surface area (Å²) in [6.07, 6.45) is 0.673. The fourth-order valence-corrected chi connectivity index (χ4v) is 3.38. The zero-order chi connectivity index (χ0) is 18.6. The highest BCUT2D eigenvalue weighted by Gasteiger charge is 2.27. The van der Waals surface area contributed by atoms with Crippen LogP contribution in [0.5, 0.6) is 11.5 Å². The molecule has 0 unspecified atom stereocenters. The van der Waals surface area contributed by atoms with Gasteiger partial charge in [0.25, 0.3) is 5.91 Å². The summed E-state index contributed by atoms with van der Waals surface area (Å²) in [7, 11) is 1.66. The first-order valence-corrected chi connectivity index (χ1v) is 8.91. The van der Waals surface area contributed by atoms with Crippen molar-refractivity contribution in [3.63, 3.8) is 0 Å². The summed E-state index contributed by atoms with van der Waals surface area (Å²) in [6.45, 7) is 0.822. The zero-order valence-corrected chi connectivity index (χ0v) is 15.1. The minimum absolute atomic E-state index is 0.106. The quantitative estimate of drug-likeness (QED) is 0.730. The number of aromatic amines is 1. The van der Waals surface area contributed by atoms with E-state index >= 15 is 0 Å². The highest BCUT2D eigenvalue weighted by molar-refractivity contribution is 5.94. The van der Waals surface area contributed by atoms with Gasteiger partial charge in [-0.05, 0) is 30.2 Å². The number of amides is 1. The largest absolute Gasteiger partial charge is 0.496 e. The van der Waals surface area contributed by atoms with Crippen LogP contribution in [0.2, 0.25) is 0 Å². The van der Waals surface area contributed by atoms with Crippen LogP contribution in [0.25, 0.3) is 0 Å². The van der Waals surface area contributed by atoms with Crippen molar-refractivity contribution in [1.82, 2.24) is 15.3 Å². The predicted octanol–water partition coefficient (Wildman–Crippen LogP) is 3.07. The Balaban J connectivity index is 1.56. The first-order valence-electron chi connectivity index (χ1n) is 8.91. The lowest BCUT2D eigenvalue weighted by atomic mass is 9.93. The fraction of sp³-hybridized carbons (Fsp3) is 0.238. The summed E-state index contributed by atoms with van der Waals surface area (Å²) in [5.41, 5.74) is 2.34. The Morgan fingerprint density at radius 3 is 2.70 bits per heavy atom. The summed E-state index contributed by atoms with van der Waals surface area (Å²) in [4.78, 5) is 20.2. The van der Waals surface area contributed by atoms with Gasteiger partial charge in [0.1, 0.15) is 29.6 Å². The molecule has 0 aliphatic carbocycles. The number of hydrogen-bond donors (Lipinski definition) is 2. The number of aromatic nitrogens is 2. The third kappa shape index (κ3) is 3.65. The average Bonchev–Trinajstić information content (AvgIpc) is 3.06. The van der Waals surface area contributed by atoms with Crippen LogP contribution in [0.15, 0.2) is 54.6 Å². The van der Waals surface area contributed by atoms with Gasteiger partial charge in [0, 0.05) is 18.2 Å². The lowest BCUT2D eigenvalue weighted by Crippen LogP contribution is -2.26. The topological polar surface area (TPSA) is 76.2 Å². The number of imidazole rings is 1. The third-order valence-electron chi connectivity index (χ3n) is 4.70. The van der Waals surface area contributed by atoms with E-state index in [0.717, 1.165) is 22.8 Å². The monoisotopic (exact) mass is 363 g/mol. The van der Waals surface area contributed by atoms with Crippen molar-refractivity contribution < 1.29 is 14.3 Å². The van der Waals surface area contributed by atoms with Gasteiger partial charge in [0.15, 0.2) is 0 Å². The molecule has 2 N–H and O–H groups in total. The van der Waals surface area contributed by atoms with Crippen molar-refractivity contribution >= 4 is 5.91 Å². The lowest BCUT2D eigenvalue weighted by Gasteiger charge is -2.17. The number of ether oxygens (including phenoxy) is 2. The number of H-pyrrole nitrogens is 1. The van der Waals surface area contributed by atoms with E-state index in [-0.39, 0.29) is 18.4 Å². The number of nitrogens with zero attached hydrogens (tertiary/aromatic N) is 1. The van der Waals surface area contributed by atoms with E-state index in [1.54, 1.807) is 7.11 Å². The fourth-order valence-electron chi connectivity index (χ4n) is 3.38. The minimum atomic E-state index is -0.162. The molecule has 0 radical (unpaired) electrons. The molecule has 1 atom stereocenters. The number of carbonyl (C=O) groups is 1. The van der Waals surface area contributed by atoms with Crippen molar-refractivity contribution in [2.24, 2.45) is 0 Å². The molecule has 138 valence electrons. The van der Waals surface area contributed by atoms with Crippen molar-refractivity contribution in [2.45, 2.75) is 18.9 Å². The van der Waals surface area contributed by atoms with E-state index in [1.165, 1.54) is 0 Å². The van der Waals surface area contributed by atoms with Gasteiger partial charge >= 0.3 is 0 Å². The molecule has 1 aromatic heterocycles. The number of nitrogens with one attached hydrogen (secondary N) is 2. The molecular weight excluding hydrogens is 342 g/mol. The molecule has 1 amide bonds. The Bertz CT molecular complexity index is 937. The Labute approximate surface area is 157 Å². The number of rotatable bonds is 5. The van der Waals surface area contributed by atoms with E-state index in [4.69, 9.17) is 9.47 Å². The van der Waals surface area contributed by atoms with E-state index < -0.39 is 0 Å². The van der Waals surface area contributed by atoms with Gasteiger partial charge in [0.2, 0.25) is 0 Å². The highest BCUT2D eigenvalue weighted by Crippen LogP contribution is 2.30. The van der Waals surface area contributed by atoms with Gasteiger partial charge in [-0.25, -0.2) is 4.98 Å². The average molecular weight is 363 g/mol. The van der Waals surface area contributed by atoms with Crippen molar-refractivity contribution in [1.29, 1.82) is 0 Å². The molecule has 0 fully saturated rings. The molecule has 0 saturated carbocycles. The second-order valence-corrected chi connectivity index (χ2v) is 6.47. The molecule has 6 heteroatoms. The predicted molar refractivity (Wildman–Crippen MR) is 101 cm³/mol. The van der Waals surface area contributed by atoms with Gasteiger partial charge in [-0.1, -0.05) is 36.4 Å². The Morgan fingerprint density at radius 1 is 1.11 bits per heavy atom. The van der Waals surface area contributed by atoms with E-state index in [0.29, 0.717) is 24.5 Å². The molecule has 1 aliphatic rings. The van der Waals surface area contributed by atoms with Crippen LogP contribution in [0.4, 0.5) is 0 Å². The maximum Gasteiger partial charge on any atom is 0.271 e. The maximum atomic E-state index is 12.5. The van der Waals surface area contributed by atoms with Crippen LogP contribution < -0.4 is 14.8 Å². The maximum absolute atomic E-state index is 12.5. The van der Waals surface area contributed by atoms with Crippen molar-refractivity contribution in [3.05, 3.63) is 77.4 Å². The van der Waals surface area contributed by atoms with Crippen molar-refractivity contribution in [3.8, 4) is 11.5 Å². The van der Waals surface area contributed by atoms with E-state index in [1.807, 2.05) is 54.6 Å². The second kappa shape index (κ2) is 7.53. The van der Waals surface area contributed by atoms with Crippen LogP contribution in [0, 0.1) is 0 Å². The second-order valence-electron chi connectivity index (χ2n) is 6.47. The number of hydrogen-bond acceptors (Lipinski definition) is 4. The number of fused-ring (bicyclic) bond motifs is 1. The molecular formula is C21H21N3O3. The number of carbonyl (C=O) groups excluding carboxylic acids is 1. The Kier molecular flexibility index (Phi) is 4.78. The minimum Gasteiger partial charge on any atom is -0.496 e. The third-order valence-corrected chi connectivity index (χ3v) is 4.70. The zero-order valence-electron chi connectivity index (χ0n) is 15.1. The molecule has 4 rings (SSSR count). The van der Waals surface area contributed by atoms with Gasteiger partial charge in [-0.2, -0.15) is 0 Å². The first kappa shape index (κ1) is 17.1. The van der Waals surface area contributed by atoms with Crippen LogP contribution in [-0.4, -0.2) is 29.5 Å². The van der Waals surface area contributed by atoms with Crippen LogP contribution in [0.1, 0.15) is 33.5 Å². The highest BCUT2D eigenvalue weighted by atomic mass is 16.5. The Morgan fingerprint density at radius 2 is 1.89 bits per heavy atom. The molecule has 27 heavy (non-hydrogen) atoms. The van der Waals surface area contributed by atoms with Crippen LogP contribution >= 0.6 is 0 Å². The van der Waals surface area contributed by atoms with Gasteiger partial charge in [-0.3, -0.25) is 4.79 Å². The van der Waals surface area contributed by atoms with Crippen LogP contribution in [0.3, 0.4) is 0 Å². The first-order chi connectivity index (χ1) is 13.2. The molecule has 0 spiro atoms. The molecule has 3 aromatic rings. The summed E-state index contributed by atoms with van der Waals surface area (Å²) < 4.78 is 11.2. The molecule has 0 bridgehead atoms. The summed E-state index contributed by atoms with van der Waals surface area (Å²) >= 11 is 0. The number of methoxy groups -OCH3 is 1. The van der Waals surface area contributed by atoms with E-state index in [9.17, 15) is 4.79 Å². The molecule has 6 nitrogen and oxygen atoms in total. The van der Waals surface area contributed by atoms with Crippen molar-refractivity contribution in [2.75, 3.05) is 13.7 Å². The molecule has 2 heterocycles. The summed E-state index contributed by atoms with van der Waals surface area (Å²) in [5, 5.41) is 2.97. The summed E-state index contributed by atoms with van der Waals surface area (Å²) in [6, 6.07) is 17.4. The van der Waals surface area contributed by atoms with Gasteiger partial charge < -0.3 is 19.8 Å². The lowest BCUT2D eigenvalue weighted by molar-refractivity contribution is 0.0950. The number of benzene rings is 2. The molecule has 2 aromatic carbocycles. The molecule has 1 aliphatic heterocycles. The standard InChI is InChI=1S/C21H21N3O3/c1-26-18-10-6-5-9-16(18)14-11-17-20(21(25)22-12-14)24-19(23-17)13-27-15-7-3-2-4-8-15/h2-10,14H,11-13H2,1H3,(H,22,25)(H,23,24)/t14-/m0/s1. The van der Waals surface area contributed by atoms with Gasteiger partial charge in [0.05, 0.1) is 7.11 Å². The van der Waals surface area contributed by atoms with Crippen LogP contribution in [-0.2, 0) is 13.0 Å². The van der Waals surface area contributed by atoms with E-state index in [2.05, 4.69) is 15.3 Å². The smallest absolute Gasteiger partial charge is 0.271 e. The normalized spacial score (nSPS) is 16.2.